The van der Waals surface area contributed by atoms with Crippen LogP contribution in [0.15, 0.2) is 18.3 Å². The first-order valence-electron chi connectivity index (χ1n) is 7.89. The second kappa shape index (κ2) is 8.10. The van der Waals surface area contributed by atoms with Gasteiger partial charge < -0.3 is 15.0 Å². The maximum atomic E-state index is 5.37. The summed E-state index contributed by atoms with van der Waals surface area (Å²) >= 11 is 0. The molecule has 1 saturated heterocycles. The van der Waals surface area contributed by atoms with Gasteiger partial charge in [0.05, 0.1) is 18.5 Å². The van der Waals surface area contributed by atoms with Crippen LogP contribution in [-0.4, -0.2) is 42.2 Å². The Hall–Kier alpha value is -1.29. The molecule has 1 aliphatic heterocycles. The Labute approximate surface area is 122 Å². The molecule has 1 atom stereocenters. The summed E-state index contributed by atoms with van der Waals surface area (Å²) in [6, 6.07) is 4.56. The van der Waals surface area contributed by atoms with Gasteiger partial charge in [0.15, 0.2) is 0 Å². The maximum Gasteiger partial charge on any atom is 0.213 e. The Balaban J connectivity index is 1.83. The van der Waals surface area contributed by atoms with Crippen molar-refractivity contribution < 1.29 is 4.74 Å². The molecule has 1 aromatic rings. The van der Waals surface area contributed by atoms with Crippen LogP contribution in [0.1, 0.15) is 39.5 Å². The molecule has 0 radical (unpaired) electrons. The summed E-state index contributed by atoms with van der Waals surface area (Å²) in [5.41, 5.74) is 1.10. The molecule has 0 aromatic carbocycles. The van der Waals surface area contributed by atoms with Gasteiger partial charge in [0.2, 0.25) is 5.88 Å². The first kappa shape index (κ1) is 15.1. The van der Waals surface area contributed by atoms with Crippen molar-refractivity contribution in [3.63, 3.8) is 0 Å². The zero-order valence-corrected chi connectivity index (χ0v) is 12.8. The molecular formula is C16H27N3O. The van der Waals surface area contributed by atoms with Gasteiger partial charge >= 0.3 is 0 Å². The van der Waals surface area contributed by atoms with Crippen molar-refractivity contribution in [1.82, 2.24) is 9.88 Å². The number of hydrogen-bond acceptors (Lipinski definition) is 4. The van der Waals surface area contributed by atoms with E-state index in [1.54, 1.807) is 0 Å². The van der Waals surface area contributed by atoms with Crippen LogP contribution in [0.2, 0.25) is 0 Å². The van der Waals surface area contributed by atoms with E-state index in [4.69, 9.17) is 4.74 Å². The van der Waals surface area contributed by atoms with Gasteiger partial charge in [0, 0.05) is 18.7 Å². The predicted molar refractivity (Wildman–Crippen MR) is 83.4 cm³/mol. The van der Waals surface area contributed by atoms with Gasteiger partial charge in [-0.05, 0) is 51.8 Å². The first-order chi connectivity index (χ1) is 9.81. The zero-order chi connectivity index (χ0) is 14.2. The van der Waals surface area contributed by atoms with E-state index in [0.29, 0.717) is 18.5 Å². The number of nitrogens with one attached hydrogen (secondary N) is 1. The highest BCUT2D eigenvalue weighted by Gasteiger charge is 2.16. The second-order valence-electron chi connectivity index (χ2n) is 5.43. The number of ether oxygens (including phenoxy) is 1. The minimum atomic E-state index is 0.566. The van der Waals surface area contributed by atoms with Crippen molar-refractivity contribution in [3.05, 3.63) is 18.3 Å². The Bertz CT molecular complexity index is 380. The summed E-state index contributed by atoms with van der Waals surface area (Å²) in [5.74, 6) is 0.702. The largest absolute Gasteiger partial charge is 0.478 e. The minimum absolute atomic E-state index is 0.566. The summed E-state index contributed by atoms with van der Waals surface area (Å²) < 4.78 is 5.37. The Morgan fingerprint density at radius 2 is 2.20 bits per heavy atom. The number of anilines is 1. The molecule has 0 amide bonds. The lowest BCUT2D eigenvalue weighted by Gasteiger charge is -2.20. The van der Waals surface area contributed by atoms with Crippen LogP contribution >= 0.6 is 0 Å². The fraction of sp³-hybridized carbons (Fsp3) is 0.688. The summed E-state index contributed by atoms with van der Waals surface area (Å²) in [5, 5.41) is 3.61. The molecule has 4 nitrogen and oxygen atoms in total. The van der Waals surface area contributed by atoms with Crippen LogP contribution in [-0.2, 0) is 0 Å². The average molecular weight is 277 g/mol. The lowest BCUT2D eigenvalue weighted by atomic mass is 10.1. The predicted octanol–water partition coefficient (Wildman–Crippen LogP) is 3.16. The third kappa shape index (κ3) is 4.67. The van der Waals surface area contributed by atoms with E-state index in [0.717, 1.165) is 5.69 Å². The van der Waals surface area contributed by atoms with Gasteiger partial charge in [0.1, 0.15) is 0 Å². The molecular weight excluding hydrogens is 250 g/mol. The Morgan fingerprint density at radius 3 is 2.90 bits per heavy atom. The number of likely N-dealkylation sites (tertiary alicyclic amines) is 1. The monoisotopic (exact) mass is 277 g/mol. The van der Waals surface area contributed by atoms with Crippen LogP contribution in [0.4, 0.5) is 5.69 Å². The lowest BCUT2D eigenvalue weighted by molar-refractivity contribution is 0.285. The van der Waals surface area contributed by atoms with Crippen LogP contribution in [0.25, 0.3) is 0 Å². The fourth-order valence-electron chi connectivity index (χ4n) is 2.77. The van der Waals surface area contributed by atoms with E-state index in [2.05, 4.69) is 28.2 Å². The normalized spacial score (nSPS) is 20.4. The fourth-order valence-corrected chi connectivity index (χ4v) is 2.77. The number of hydrogen-bond donors (Lipinski definition) is 1. The molecule has 1 unspecified atom stereocenters. The van der Waals surface area contributed by atoms with Crippen LogP contribution < -0.4 is 10.1 Å². The van der Waals surface area contributed by atoms with Crippen LogP contribution in [0.3, 0.4) is 0 Å². The summed E-state index contributed by atoms with van der Waals surface area (Å²) in [7, 11) is 0. The molecule has 20 heavy (non-hydrogen) atoms. The van der Waals surface area contributed by atoms with E-state index in [1.807, 2.05) is 19.2 Å². The molecule has 1 aromatic heterocycles. The molecule has 112 valence electrons. The van der Waals surface area contributed by atoms with Gasteiger partial charge in [-0.2, -0.15) is 0 Å². The molecule has 0 saturated carbocycles. The van der Waals surface area contributed by atoms with Crippen molar-refractivity contribution in [1.29, 1.82) is 0 Å². The van der Waals surface area contributed by atoms with Gasteiger partial charge in [-0.1, -0.05) is 6.92 Å². The van der Waals surface area contributed by atoms with Crippen LogP contribution in [0.5, 0.6) is 5.88 Å². The third-order valence-corrected chi connectivity index (χ3v) is 3.76. The maximum absolute atomic E-state index is 5.37. The zero-order valence-electron chi connectivity index (χ0n) is 12.8. The average Bonchev–Trinajstić information content (AvgIpc) is 2.68. The number of pyridine rings is 1. The quantitative estimate of drug-likeness (QED) is 0.866. The Kier molecular flexibility index (Phi) is 6.12. The first-order valence-corrected chi connectivity index (χ1v) is 7.89. The van der Waals surface area contributed by atoms with Crippen molar-refractivity contribution in [2.45, 2.75) is 45.6 Å². The second-order valence-corrected chi connectivity index (χ2v) is 5.43. The molecule has 1 aliphatic rings. The van der Waals surface area contributed by atoms with E-state index in [9.17, 15) is 0 Å². The minimum Gasteiger partial charge on any atom is -0.478 e. The van der Waals surface area contributed by atoms with Crippen molar-refractivity contribution in [2.24, 2.45) is 0 Å². The molecule has 0 aliphatic carbocycles. The van der Waals surface area contributed by atoms with Crippen molar-refractivity contribution >= 4 is 5.69 Å². The standard InChI is InChI=1S/C16H27N3O/c1-3-10-19-11-5-6-14(9-12-19)18-15-7-8-16(17-13-15)20-4-2/h7-8,13-14,18H,3-6,9-12H2,1-2H3. The molecule has 1 fully saturated rings. The third-order valence-electron chi connectivity index (χ3n) is 3.76. The van der Waals surface area contributed by atoms with Crippen molar-refractivity contribution in [3.8, 4) is 5.88 Å². The van der Waals surface area contributed by atoms with Crippen LogP contribution in [0, 0.1) is 0 Å². The SMILES string of the molecule is CCCN1CCCC(Nc2ccc(OCC)nc2)CC1. The van der Waals surface area contributed by atoms with Gasteiger partial charge in [0.25, 0.3) is 0 Å². The molecule has 4 heteroatoms. The molecule has 2 heterocycles. The lowest BCUT2D eigenvalue weighted by Crippen LogP contribution is -2.27. The topological polar surface area (TPSA) is 37.4 Å². The highest BCUT2D eigenvalue weighted by atomic mass is 16.5. The number of nitrogens with zero attached hydrogens (tertiary/aromatic N) is 2. The molecule has 1 N–H and O–H groups in total. The van der Waals surface area contributed by atoms with Gasteiger partial charge in [-0.25, -0.2) is 4.98 Å². The smallest absolute Gasteiger partial charge is 0.213 e. The highest BCUT2D eigenvalue weighted by Crippen LogP contribution is 2.18. The highest BCUT2D eigenvalue weighted by molar-refractivity contribution is 5.43. The van der Waals surface area contributed by atoms with E-state index < -0.39 is 0 Å². The molecule has 2 rings (SSSR count). The van der Waals surface area contributed by atoms with Crippen molar-refractivity contribution in [2.75, 3.05) is 31.6 Å². The summed E-state index contributed by atoms with van der Waals surface area (Å²) in [6.07, 6.45) is 6.86. The van der Waals surface area contributed by atoms with E-state index in [-0.39, 0.29) is 0 Å². The Morgan fingerprint density at radius 1 is 1.30 bits per heavy atom. The van der Waals surface area contributed by atoms with E-state index >= 15 is 0 Å². The molecule has 0 spiro atoms. The molecule has 0 bridgehead atoms. The van der Waals surface area contributed by atoms with Gasteiger partial charge in [-0.3, -0.25) is 0 Å². The van der Waals surface area contributed by atoms with Gasteiger partial charge in [-0.15, -0.1) is 0 Å². The van der Waals surface area contributed by atoms with E-state index in [1.165, 1.54) is 45.3 Å². The summed E-state index contributed by atoms with van der Waals surface area (Å²) in [4.78, 5) is 6.89. The number of aromatic nitrogens is 1. The number of rotatable bonds is 6. The summed E-state index contributed by atoms with van der Waals surface area (Å²) in [6.45, 7) is 8.57.